The Bertz CT molecular complexity index is 498. The van der Waals surface area contributed by atoms with Gasteiger partial charge in [0.25, 0.3) is 0 Å². The molecule has 2 unspecified atom stereocenters. The fraction of sp³-hybridized carbons (Fsp3) is 0.688. The van der Waals surface area contributed by atoms with Crippen molar-refractivity contribution >= 4 is 17.2 Å². The van der Waals surface area contributed by atoms with Crippen molar-refractivity contribution in [3.63, 3.8) is 0 Å². The molecule has 2 heterocycles. The van der Waals surface area contributed by atoms with Crippen molar-refractivity contribution in [2.75, 3.05) is 20.3 Å². The van der Waals surface area contributed by atoms with Crippen LogP contribution in [0.4, 0.5) is 0 Å². The fourth-order valence-corrected chi connectivity index (χ4v) is 3.65. The molecule has 4 nitrogen and oxygen atoms in total. The van der Waals surface area contributed by atoms with Crippen molar-refractivity contribution in [2.45, 2.75) is 46.3 Å². The summed E-state index contributed by atoms with van der Waals surface area (Å²) in [6, 6.07) is 4.12. The van der Waals surface area contributed by atoms with Gasteiger partial charge in [-0.1, -0.05) is 13.8 Å². The van der Waals surface area contributed by atoms with Crippen LogP contribution >= 0.6 is 11.3 Å². The highest BCUT2D eigenvalue weighted by atomic mass is 32.1. The second-order valence-corrected chi connectivity index (χ2v) is 7.93. The van der Waals surface area contributed by atoms with Gasteiger partial charge in [-0.3, -0.25) is 10.1 Å². The Morgan fingerprint density at radius 1 is 1.43 bits per heavy atom. The van der Waals surface area contributed by atoms with Gasteiger partial charge in [0.05, 0.1) is 6.04 Å². The first-order valence-corrected chi connectivity index (χ1v) is 8.27. The Balaban J connectivity index is 2.15. The zero-order valence-corrected chi connectivity index (χ0v) is 14.4. The number of hydrogen-bond acceptors (Lipinski definition) is 4. The Hall–Kier alpha value is -0.910. The Morgan fingerprint density at radius 2 is 2.14 bits per heavy atom. The molecule has 0 aromatic carbocycles. The van der Waals surface area contributed by atoms with E-state index in [2.05, 4.69) is 38.2 Å². The molecular formula is C16H26N2O2S. The number of carbonyl (C=O) groups is 1. The smallest absolute Gasteiger partial charge is 0.241 e. The van der Waals surface area contributed by atoms with Crippen molar-refractivity contribution < 1.29 is 9.53 Å². The van der Waals surface area contributed by atoms with Crippen LogP contribution in [0, 0.1) is 12.3 Å². The van der Waals surface area contributed by atoms with Gasteiger partial charge in [0.1, 0.15) is 6.17 Å². The minimum Gasteiger partial charge on any atom is -0.385 e. The molecule has 0 spiro atoms. The molecule has 1 aromatic heterocycles. The minimum absolute atomic E-state index is 0.00743. The zero-order valence-electron chi connectivity index (χ0n) is 13.6. The summed E-state index contributed by atoms with van der Waals surface area (Å²) in [7, 11) is 1.72. The van der Waals surface area contributed by atoms with Gasteiger partial charge in [0.2, 0.25) is 5.91 Å². The molecule has 1 saturated heterocycles. The maximum atomic E-state index is 12.5. The molecule has 0 bridgehead atoms. The maximum absolute atomic E-state index is 12.5. The topological polar surface area (TPSA) is 41.6 Å². The Morgan fingerprint density at radius 3 is 2.71 bits per heavy atom. The van der Waals surface area contributed by atoms with Crippen molar-refractivity contribution in [1.29, 1.82) is 0 Å². The molecular weight excluding hydrogens is 284 g/mol. The summed E-state index contributed by atoms with van der Waals surface area (Å²) in [5, 5.41) is 3.42. The molecule has 1 aliphatic rings. The fourth-order valence-electron chi connectivity index (χ4n) is 2.70. The molecule has 1 aromatic rings. The van der Waals surface area contributed by atoms with Crippen LogP contribution < -0.4 is 5.32 Å². The monoisotopic (exact) mass is 310 g/mol. The Kier molecular flexibility index (Phi) is 5.07. The lowest BCUT2D eigenvalue weighted by Gasteiger charge is -2.33. The van der Waals surface area contributed by atoms with E-state index in [1.165, 1.54) is 9.75 Å². The lowest BCUT2D eigenvalue weighted by Crippen LogP contribution is -2.38. The molecule has 118 valence electrons. The van der Waals surface area contributed by atoms with E-state index in [4.69, 9.17) is 4.74 Å². The number of nitrogens with one attached hydrogen (secondary N) is 1. The summed E-state index contributed by atoms with van der Waals surface area (Å²) in [5.41, 5.74) is 0.0436. The number of thiophene rings is 1. The molecule has 1 fully saturated rings. The summed E-state index contributed by atoms with van der Waals surface area (Å²) >= 11 is 1.76. The molecule has 1 N–H and O–H groups in total. The molecule has 21 heavy (non-hydrogen) atoms. The van der Waals surface area contributed by atoms with Crippen LogP contribution in [0.1, 0.15) is 43.1 Å². The number of nitrogens with zero attached hydrogens (tertiary/aromatic N) is 1. The number of methoxy groups -OCH3 is 1. The SMILES string of the molecule is COCCC(C)(C)CN1C(=O)C(C)NC1c1ccc(C)s1. The van der Waals surface area contributed by atoms with Gasteiger partial charge in [0.15, 0.2) is 0 Å². The highest BCUT2D eigenvalue weighted by molar-refractivity contribution is 7.12. The van der Waals surface area contributed by atoms with Gasteiger partial charge < -0.3 is 9.64 Å². The van der Waals surface area contributed by atoms with Crippen molar-refractivity contribution in [2.24, 2.45) is 5.41 Å². The number of carbonyl (C=O) groups excluding carboxylic acids is 1. The number of aryl methyl sites for hydroxylation is 1. The molecule has 0 saturated carbocycles. The van der Waals surface area contributed by atoms with Crippen LogP contribution in [-0.2, 0) is 9.53 Å². The number of rotatable bonds is 6. The van der Waals surface area contributed by atoms with E-state index in [0.717, 1.165) is 19.6 Å². The quantitative estimate of drug-likeness (QED) is 0.878. The van der Waals surface area contributed by atoms with Crippen LogP contribution in [0.5, 0.6) is 0 Å². The first-order valence-electron chi connectivity index (χ1n) is 7.46. The molecule has 2 atom stereocenters. The second-order valence-electron chi connectivity index (χ2n) is 6.61. The van der Waals surface area contributed by atoms with Crippen molar-refractivity contribution in [1.82, 2.24) is 10.2 Å². The standard InChI is InChI=1S/C16H26N2O2S/c1-11-6-7-13(21-11)14-17-12(2)15(19)18(14)10-16(3,4)8-9-20-5/h6-7,12,14,17H,8-10H2,1-5H3. The lowest BCUT2D eigenvalue weighted by molar-refractivity contribution is -0.131. The second kappa shape index (κ2) is 6.46. The number of ether oxygens (including phenoxy) is 1. The minimum atomic E-state index is -0.115. The molecule has 5 heteroatoms. The average molecular weight is 310 g/mol. The molecule has 0 aliphatic carbocycles. The van der Waals surface area contributed by atoms with E-state index in [-0.39, 0.29) is 23.5 Å². The third-order valence-electron chi connectivity index (χ3n) is 3.99. The van der Waals surface area contributed by atoms with Crippen molar-refractivity contribution in [3.05, 3.63) is 21.9 Å². The van der Waals surface area contributed by atoms with E-state index in [1.54, 1.807) is 18.4 Å². The van der Waals surface area contributed by atoms with Gasteiger partial charge in [0, 0.05) is 30.0 Å². The molecule has 0 radical (unpaired) electrons. The lowest BCUT2D eigenvalue weighted by atomic mass is 9.89. The highest BCUT2D eigenvalue weighted by Gasteiger charge is 2.40. The van der Waals surface area contributed by atoms with Gasteiger partial charge in [-0.2, -0.15) is 0 Å². The van der Waals surface area contributed by atoms with E-state index in [0.29, 0.717) is 0 Å². The predicted molar refractivity (Wildman–Crippen MR) is 86.4 cm³/mol. The number of amides is 1. The third kappa shape index (κ3) is 3.84. The van der Waals surface area contributed by atoms with Gasteiger partial charge >= 0.3 is 0 Å². The summed E-state index contributed by atoms with van der Waals surface area (Å²) in [6.45, 7) is 9.89. The van der Waals surface area contributed by atoms with E-state index in [9.17, 15) is 4.79 Å². The first-order chi connectivity index (χ1) is 9.84. The molecule has 2 rings (SSSR count). The zero-order chi connectivity index (χ0) is 15.6. The molecule has 1 amide bonds. The highest BCUT2D eigenvalue weighted by Crippen LogP contribution is 2.34. The predicted octanol–water partition coefficient (Wildman–Crippen LogP) is 2.94. The first kappa shape index (κ1) is 16.5. The summed E-state index contributed by atoms with van der Waals surface area (Å²) in [4.78, 5) is 17.0. The normalized spacial score (nSPS) is 23.1. The average Bonchev–Trinajstić information content (AvgIpc) is 2.95. The summed E-state index contributed by atoms with van der Waals surface area (Å²) in [5.74, 6) is 0.191. The van der Waals surface area contributed by atoms with E-state index >= 15 is 0 Å². The van der Waals surface area contributed by atoms with Gasteiger partial charge in [-0.25, -0.2) is 0 Å². The van der Waals surface area contributed by atoms with Crippen LogP contribution in [-0.4, -0.2) is 37.1 Å². The summed E-state index contributed by atoms with van der Waals surface area (Å²) in [6.07, 6.45) is 0.950. The Labute approximate surface area is 131 Å². The van der Waals surface area contributed by atoms with Crippen LogP contribution in [0.3, 0.4) is 0 Å². The van der Waals surface area contributed by atoms with Crippen LogP contribution in [0.2, 0.25) is 0 Å². The molecule has 1 aliphatic heterocycles. The maximum Gasteiger partial charge on any atom is 0.241 e. The van der Waals surface area contributed by atoms with E-state index in [1.807, 2.05) is 11.8 Å². The largest absolute Gasteiger partial charge is 0.385 e. The van der Waals surface area contributed by atoms with Gasteiger partial charge in [-0.05, 0) is 37.8 Å². The van der Waals surface area contributed by atoms with Crippen molar-refractivity contribution in [3.8, 4) is 0 Å². The third-order valence-corrected chi connectivity index (χ3v) is 5.04. The van der Waals surface area contributed by atoms with E-state index < -0.39 is 0 Å². The van der Waals surface area contributed by atoms with Gasteiger partial charge in [-0.15, -0.1) is 11.3 Å². The summed E-state index contributed by atoms with van der Waals surface area (Å²) < 4.78 is 5.19. The number of hydrogen-bond donors (Lipinski definition) is 1. The van der Waals surface area contributed by atoms with Crippen LogP contribution in [0.25, 0.3) is 0 Å². The van der Waals surface area contributed by atoms with Crippen LogP contribution in [0.15, 0.2) is 12.1 Å².